The average molecular weight is 238 g/mol. The number of rotatable bonds is 1. The molecular formula is C14H13F3. The van der Waals surface area contributed by atoms with Crippen LogP contribution in [0.1, 0.15) is 18.4 Å². The van der Waals surface area contributed by atoms with Crippen LogP contribution < -0.4 is 0 Å². The first-order valence-electron chi connectivity index (χ1n) is 5.84. The van der Waals surface area contributed by atoms with Gasteiger partial charge in [0.05, 0.1) is 5.41 Å². The Labute approximate surface area is 98.1 Å². The molecule has 3 rings (SSSR count). The van der Waals surface area contributed by atoms with Gasteiger partial charge in [-0.3, -0.25) is 0 Å². The van der Waals surface area contributed by atoms with Gasteiger partial charge in [0.1, 0.15) is 0 Å². The predicted molar refractivity (Wildman–Crippen MR) is 59.5 cm³/mol. The second-order valence-electron chi connectivity index (χ2n) is 5.03. The van der Waals surface area contributed by atoms with Gasteiger partial charge in [0.2, 0.25) is 0 Å². The van der Waals surface area contributed by atoms with E-state index in [1.54, 1.807) is 36.4 Å². The molecule has 3 heteroatoms. The zero-order valence-electron chi connectivity index (χ0n) is 9.24. The van der Waals surface area contributed by atoms with Crippen LogP contribution in [0.2, 0.25) is 0 Å². The molecule has 0 nitrogen and oxygen atoms in total. The molecule has 0 heterocycles. The van der Waals surface area contributed by atoms with E-state index in [0.717, 1.165) is 0 Å². The highest BCUT2D eigenvalue weighted by Crippen LogP contribution is 2.60. The Morgan fingerprint density at radius 2 is 1.76 bits per heavy atom. The van der Waals surface area contributed by atoms with Crippen LogP contribution in [0.25, 0.3) is 0 Å². The van der Waals surface area contributed by atoms with Crippen molar-refractivity contribution in [2.45, 2.75) is 24.4 Å². The van der Waals surface area contributed by atoms with Crippen LogP contribution in [0, 0.1) is 11.8 Å². The van der Waals surface area contributed by atoms with Gasteiger partial charge in [0.25, 0.3) is 0 Å². The molecule has 0 saturated heterocycles. The summed E-state index contributed by atoms with van der Waals surface area (Å²) < 4.78 is 40.6. The molecule has 2 aliphatic carbocycles. The zero-order valence-corrected chi connectivity index (χ0v) is 9.24. The maximum absolute atomic E-state index is 13.5. The van der Waals surface area contributed by atoms with Gasteiger partial charge in [-0.25, -0.2) is 0 Å². The highest BCUT2D eigenvalue weighted by molar-refractivity contribution is 5.36. The zero-order chi connectivity index (χ0) is 12.1. The van der Waals surface area contributed by atoms with E-state index in [1.165, 1.54) is 0 Å². The van der Waals surface area contributed by atoms with Gasteiger partial charge >= 0.3 is 6.18 Å². The molecular weight excluding hydrogens is 225 g/mol. The first kappa shape index (κ1) is 10.9. The number of halogens is 3. The number of fused-ring (bicyclic) bond motifs is 2. The first-order valence-corrected chi connectivity index (χ1v) is 5.84. The third kappa shape index (κ3) is 1.38. The van der Waals surface area contributed by atoms with Gasteiger partial charge in [0, 0.05) is 0 Å². The summed E-state index contributed by atoms with van der Waals surface area (Å²) >= 11 is 0. The number of hydrogen-bond donors (Lipinski definition) is 0. The molecule has 0 amide bonds. The Kier molecular flexibility index (Phi) is 2.16. The fraction of sp³-hybridized carbons (Fsp3) is 0.429. The van der Waals surface area contributed by atoms with Crippen molar-refractivity contribution < 1.29 is 13.2 Å². The smallest absolute Gasteiger partial charge is 0.170 e. The number of alkyl halides is 3. The van der Waals surface area contributed by atoms with Crippen molar-refractivity contribution in [1.29, 1.82) is 0 Å². The predicted octanol–water partition coefficient (Wildman–Crippen LogP) is 4.08. The molecule has 3 atom stereocenters. The minimum absolute atomic E-state index is 0.0989. The molecule has 1 fully saturated rings. The number of allylic oxidation sites excluding steroid dienone is 2. The molecule has 0 spiro atoms. The van der Waals surface area contributed by atoms with Crippen molar-refractivity contribution in [3.8, 4) is 0 Å². The van der Waals surface area contributed by atoms with Crippen LogP contribution in [-0.4, -0.2) is 6.18 Å². The van der Waals surface area contributed by atoms with E-state index in [0.29, 0.717) is 12.0 Å². The molecule has 1 saturated carbocycles. The summed E-state index contributed by atoms with van der Waals surface area (Å²) in [7, 11) is 0. The minimum atomic E-state index is -4.17. The van der Waals surface area contributed by atoms with Crippen LogP contribution >= 0.6 is 0 Å². The van der Waals surface area contributed by atoms with Gasteiger partial charge in [-0.05, 0) is 30.2 Å². The molecule has 3 unspecified atom stereocenters. The lowest BCUT2D eigenvalue weighted by molar-refractivity contribution is -0.198. The molecule has 0 radical (unpaired) electrons. The van der Waals surface area contributed by atoms with Crippen LogP contribution in [0.5, 0.6) is 0 Å². The summed E-state index contributed by atoms with van der Waals surface area (Å²) in [6, 6.07) is 8.37. The lowest BCUT2D eigenvalue weighted by Gasteiger charge is -2.38. The molecule has 1 aromatic carbocycles. The van der Waals surface area contributed by atoms with E-state index in [-0.39, 0.29) is 18.3 Å². The SMILES string of the molecule is FC(F)(F)C1(c2ccccc2)CC2C=CC1C2. The molecule has 17 heavy (non-hydrogen) atoms. The lowest BCUT2D eigenvalue weighted by Crippen LogP contribution is -2.45. The second kappa shape index (κ2) is 3.37. The van der Waals surface area contributed by atoms with Crippen LogP contribution in [0.3, 0.4) is 0 Å². The van der Waals surface area contributed by atoms with Crippen LogP contribution in [0.4, 0.5) is 13.2 Å². The van der Waals surface area contributed by atoms with Crippen molar-refractivity contribution in [3.63, 3.8) is 0 Å². The monoisotopic (exact) mass is 238 g/mol. The summed E-state index contributed by atoms with van der Waals surface area (Å²) in [5, 5.41) is 0. The van der Waals surface area contributed by atoms with Crippen molar-refractivity contribution >= 4 is 0 Å². The summed E-state index contributed by atoms with van der Waals surface area (Å²) in [6.45, 7) is 0. The first-order chi connectivity index (χ1) is 8.04. The highest BCUT2D eigenvalue weighted by Gasteiger charge is 2.64. The third-order valence-corrected chi connectivity index (χ3v) is 4.18. The summed E-state index contributed by atoms with van der Waals surface area (Å²) in [5.41, 5.74) is -1.22. The Hall–Kier alpha value is -1.25. The lowest BCUT2D eigenvalue weighted by atomic mass is 9.70. The average Bonchev–Trinajstić information content (AvgIpc) is 2.89. The van der Waals surface area contributed by atoms with E-state index in [4.69, 9.17) is 0 Å². The second-order valence-corrected chi connectivity index (χ2v) is 5.03. The Morgan fingerprint density at radius 1 is 1.06 bits per heavy atom. The van der Waals surface area contributed by atoms with E-state index in [9.17, 15) is 13.2 Å². The van der Waals surface area contributed by atoms with Gasteiger partial charge in [-0.15, -0.1) is 0 Å². The molecule has 2 aliphatic rings. The molecule has 90 valence electrons. The largest absolute Gasteiger partial charge is 0.399 e. The number of benzene rings is 1. The fourth-order valence-corrected chi connectivity index (χ4v) is 3.41. The quantitative estimate of drug-likeness (QED) is 0.646. The van der Waals surface area contributed by atoms with Gasteiger partial charge in [-0.1, -0.05) is 42.5 Å². The van der Waals surface area contributed by atoms with Gasteiger partial charge in [0.15, 0.2) is 0 Å². The van der Waals surface area contributed by atoms with Gasteiger partial charge in [-0.2, -0.15) is 13.2 Å². The minimum Gasteiger partial charge on any atom is -0.170 e. The van der Waals surface area contributed by atoms with Crippen molar-refractivity contribution in [2.75, 3.05) is 0 Å². The Morgan fingerprint density at radius 3 is 2.24 bits per heavy atom. The van der Waals surface area contributed by atoms with Crippen molar-refractivity contribution in [3.05, 3.63) is 48.0 Å². The van der Waals surface area contributed by atoms with E-state index in [2.05, 4.69) is 0 Å². The molecule has 0 N–H and O–H groups in total. The van der Waals surface area contributed by atoms with Gasteiger partial charge < -0.3 is 0 Å². The summed E-state index contributed by atoms with van der Waals surface area (Å²) in [6.07, 6.45) is 0.390. The Balaban J connectivity index is 2.14. The molecule has 2 bridgehead atoms. The van der Waals surface area contributed by atoms with E-state index >= 15 is 0 Å². The maximum Gasteiger partial charge on any atom is 0.399 e. The molecule has 0 aromatic heterocycles. The van der Waals surface area contributed by atoms with Crippen LogP contribution in [0.15, 0.2) is 42.5 Å². The molecule has 0 aliphatic heterocycles. The summed E-state index contributed by atoms with van der Waals surface area (Å²) in [5.74, 6) is -0.281. The van der Waals surface area contributed by atoms with Crippen molar-refractivity contribution in [1.82, 2.24) is 0 Å². The van der Waals surface area contributed by atoms with Crippen molar-refractivity contribution in [2.24, 2.45) is 11.8 Å². The highest BCUT2D eigenvalue weighted by atomic mass is 19.4. The van der Waals surface area contributed by atoms with E-state index < -0.39 is 11.6 Å². The third-order valence-electron chi connectivity index (χ3n) is 4.18. The van der Waals surface area contributed by atoms with E-state index in [1.807, 2.05) is 6.08 Å². The fourth-order valence-electron chi connectivity index (χ4n) is 3.41. The standard InChI is InChI=1S/C14H13F3/c15-14(16,17)13(11-4-2-1-3-5-11)9-10-6-7-12(13)8-10/h1-7,10,12H,8-9H2. The number of hydrogen-bond acceptors (Lipinski definition) is 0. The molecule has 1 aromatic rings. The Bertz CT molecular complexity index is 446. The maximum atomic E-state index is 13.5. The topological polar surface area (TPSA) is 0 Å². The normalized spacial score (nSPS) is 35.5. The van der Waals surface area contributed by atoms with Crippen LogP contribution in [-0.2, 0) is 5.41 Å². The summed E-state index contributed by atoms with van der Waals surface area (Å²) in [4.78, 5) is 0.